The number of nitrogens with one attached hydrogen (secondary N) is 4. The Morgan fingerprint density at radius 3 is 2.67 bits per heavy atom. The normalized spacial score (nSPS) is 23.0. The molecule has 3 amide bonds. The van der Waals surface area contributed by atoms with Gasteiger partial charge in [-0.05, 0) is 63.6 Å². The topological polar surface area (TPSA) is 150 Å². The van der Waals surface area contributed by atoms with E-state index in [4.69, 9.17) is 4.74 Å². The van der Waals surface area contributed by atoms with Crippen LogP contribution in [0.4, 0.5) is 9.93 Å². The van der Waals surface area contributed by atoms with Crippen LogP contribution in [0, 0.1) is 5.92 Å². The standard InChI is InChI=1S/C28H37N7O4S/c1-3-29-27(38)32-12-16(2)33-20-9-18(10-20)26(37)35-28-34-21-8-7-17(11-24(21)40-28)19-13-30-25(31-14-19)15-39-23-6-4-5-22(23)36/h7-8,11,13-14,16,18,20,22-23,33,36H,3-6,9-10,12,15H2,1-2H3,(H2,29,32,38)(H,34,35,37)/t16-,18?,20?,22-,23-/m0/s1. The lowest BCUT2D eigenvalue weighted by atomic mass is 9.79. The maximum Gasteiger partial charge on any atom is 0.314 e. The summed E-state index contributed by atoms with van der Waals surface area (Å²) < 4.78 is 6.75. The van der Waals surface area contributed by atoms with Crippen LogP contribution in [-0.4, -0.2) is 69.4 Å². The Morgan fingerprint density at radius 2 is 1.95 bits per heavy atom. The average Bonchev–Trinajstić information content (AvgIpc) is 3.52. The van der Waals surface area contributed by atoms with Crippen molar-refractivity contribution in [2.24, 2.45) is 5.92 Å². The second-order valence-corrected chi connectivity index (χ2v) is 11.6. The van der Waals surface area contributed by atoms with E-state index in [9.17, 15) is 14.7 Å². The number of benzene rings is 1. The first-order valence-corrected chi connectivity index (χ1v) is 14.8. The summed E-state index contributed by atoms with van der Waals surface area (Å²) in [6, 6.07) is 6.16. The largest absolute Gasteiger partial charge is 0.390 e. The number of aromatic nitrogens is 3. The summed E-state index contributed by atoms with van der Waals surface area (Å²) in [6.07, 6.45) is 7.18. The molecule has 2 aliphatic rings. The summed E-state index contributed by atoms with van der Waals surface area (Å²) in [6.45, 7) is 5.31. The van der Waals surface area contributed by atoms with Gasteiger partial charge in [-0.15, -0.1) is 0 Å². The zero-order valence-electron chi connectivity index (χ0n) is 22.9. The van der Waals surface area contributed by atoms with Crippen molar-refractivity contribution in [3.8, 4) is 11.1 Å². The summed E-state index contributed by atoms with van der Waals surface area (Å²) in [5.74, 6) is 0.521. The van der Waals surface area contributed by atoms with Gasteiger partial charge in [0, 0.05) is 49.0 Å². The van der Waals surface area contributed by atoms with E-state index in [2.05, 4.69) is 36.2 Å². The summed E-state index contributed by atoms with van der Waals surface area (Å²) >= 11 is 1.45. The monoisotopic (exact) mass is 567 g/mol. The van der Waals surface area contributed by atoms with Gasteiger partial charge < -0.3 is 31.1 Å². The van der Waals surface area contributed by atoms with Crippen molar-refractivity contribution in [1.82, 2.24) is 30.9 Å². The molecule has 0 radical (unpaired) electrons. The van der Waals surface area contributed by atoms with Gasteiger partial charge in [-0.1, -0.05) is 17.4 Å². The third-order valence-electron chi connectivity index (χ3n) is 7.44. The van der Waals surface area contributed by atoms with Crippen molar-refractivity contribution in [1.29, 1.82) is 0 Å². The molecule has 5 rings (SSSR count). The van der Waals surface area contributed by atoms with Gasteiger partial charge in [-0.3, -0.25) is 4.79 Å². The van der Waals surface area contributed by atoms with Crippen LogP contribution in [0.5, 0.6) is 0 Å². The van der Waals surface area contributed by atoms with Gasteiger partial charge in [0.1, 0.15) is 6.61 Å². The lowest BCUT2D eigenvalue weighted by Crippen LogP contribution is -2.52. The number of ether oxygens (including phenoxy) is 1. The second-order valence-electron chi connectivity index (χ2n) is 10.6. The molecule has 12 heteroatoms. The SMILES string of the molecule is CCNC(=O)NC[C@H](C)NC1CC(C(=O)Nc2nc3ccc(-c4cnc(CO[C@H]5CCC[C@@H]5O)nc4)cc3s2)C1. The molecule has 5 N–H and O–H groups in total. The lowest BCUT2D eigenvalue weighted by Gasteiger charge is -2.36. The van der Waals surface area contributed by atoms with Crippen molar-refractivity contribution in [3.63, 3.8) is 0 Å². The molecule has 2 aliphatic carbocycles. The summed E-state index contributed by atoms with van der Waals surface area (Å²) in [7, 11) is 0. The predicted molar refractivity (Wildman–Crippen MR) is 154 cm³/mol. The minimum atomic E-state index is -0.397. The fourth-order valence-corrected chi connectivity index (χ4v) is 6.03. The van der Waals surface area contributed by atoms with E-state index in [0.717, 1.165) is 53.4 Å². The molecule has 40 heavy (non-hydrogen) atoms. The number of fused-ring (bicyclic) bond motifs is 1. The summed E-state index contributed by atoms with van der Waals surface area (Å²) in [5.41, 5.74) is 2.68. The maximum absolute atomic E-state index is 12.8. The van der Waals surface area contributed by atoms with Gasteiger partial charge in [0.2, 0.25) is 5.91 Å². The molecule has 11 nitrogen and oxygen atoms in total. The van der Waals surface area contributed by atoms with E-state index in [-0.39, 0.29) is 42.7 Å². The number of aliphatic hydroxyl groups is 1. The number of thiazole rings is 1. The third-order valence-corrected chi connectivity index (χ3v) is 8.37. The zero-order valence-corrected chi connectivity index (χ0v) is 23.7. The number of urea groups is 1. The van der Waals surface area contributed by atoms with Crippen LogP contribution in [0.3, 0.4) is 0 Å². The van der Waals surface area contributed by atoms with E-state index in [0.29, 0.717) is 24.0 Å². The number of rotatable bonds is 11. The van der Waals surface area contributed by atoms with Crippen molar-refractivity contribution in [3.05, 3.63) is 36.4 Å². The van der Waals surface area contributed by atoms with E-state index < -0.39 is 6.10 Å². The molecule has 0 saturated heterocycles. The van der Waals surface area contributed by atoms with Crippen molar-refractivity contribution < 1.29 is 19.4 Å². The zero-order chi connectivity index (χ0) is 28.1. The molecule has 2 saturated carbocycles. The van der Waals surface area contributed by atoms with Crippen molar-refractivity contribution in [2.45, 2.75) is 76.9 Å². The minimum Gasteiger partial charge on any atom is -0.390 e. The predicted octanol–water partition coefficient (Wildman–Crippen LogP) is 3.20. The fraction of sp³-hybridized carbons (Fsp3) is 0.536. The van der Waals surface area contributed by atoms with Crippen LogP contribution in [0.15, 0.2) is 30.6 Å². The summed E-state index contributed by atoms with van der Waals surface area (Å²) in [5, 5.41) is 22.5. The van der Waals surface area contributed by atoms with Crippen LogP contribution in [0.2, 0.25) is 0 Å². The number of hydrogen-bond acceptors (Lipinski definition) is 9. The van der Waals surface area contributed by atoms with E-state index in [1.165, 1.54) is 11.3 Å². The Balaban J connectivity index is 1.10. The highest BCUT2D eigenvalue weighted by atomic mass is 32.1. The van der Waals surface area contributed by atoms with Gasteiger partial charge in [-0.2, -0.15) is 0 Å². The molecule has 2 aromatic heterocycles. The highest BCUT2D eigenvalue weighted by Gasteiger charge is 2.35. The Bertz CT molecular complexity index is 1310. The summed E-state index contributed by atoms with van der Waals surface area (Å²) in [4.78, 5) is 37.8. The second kappa shape index (κ2) is 13.0. The van der Waals surface area contributed by atoms with Crippen molar-refractivity contribution in [2.75, 3.05) is 18.4 Å². The van der Waals surface area contributed by atoms with E-state index >= 15 is 0 Å². The first kappa shape index (κ1) is 28.3. The molecule has 3 aromatic rings. The fourth-order valence-electron chi connectivity index (χ4n) is 5.12. The van der Waals surface area contributed by atoms with E-state index in [1.54, 1.807) is 12.4 Å². The number of carbonyl (C=O) groups is 2. The molecule has 1 aromatic carbocycles. The molecule has 214 valence electrons. The van der Waals surface area contributed by atoms with Gasteiger partial charge >= 0.3 is 6.03 Å². The van der Waals surface area contributed by atoms with Gasteiger partial charge in [0.25, 0.3) is 0 Å². The van der Waals surface area contributed by atoms with Crippen LogP contribution < -0.4 is 21.3 Å². The minimum absolute atomic E-state index is 0.0123. The molecule has 0 spiro atoms. The smallest absolute Gasteiger partial charge is 0.314 e. The molecular weight excluding hydrogens is 530 g/mol. The Morgan fingerprint density at radius 1 is 1.15 bits per heavy atom. The highest BCUT2D eigenvalue weighted by Crippen LogP contribution is 2.33. The van der Waals surface area contributed by atoms with Gasteiger partial charge in [0.15, 0.2) is 11.0 Å². The first-order valence-electron chi connectivity index (χ1n) is 14.0. The Hall–Kier alpha value is -3.19. The van der Waals surface area contributed by atoms with Crippen LogP contribution in [0.25, 0.3) is 21.3 Å². The van der Waals surface area contributed by atoms with Gasteiger partial charge in [0.05, 0.1) is 22.4 Å². The molecule has 0 aliphatic heterocycles. The maximum atomic E-state index is 12.8. The number of carbonyl (C=O) groups excluding carboxylic acids is 2. The average molecular weight is 568 g/mol. The number of amides is 3. The van der Waals surface area contributed by atoms with Crippen LogP contribution in [0.1, 0.15) is 51.8 Å². The quantitative estimate of drug-likeness (QED) is 0.237. The van der Waals surface area contributed by atoms with Crippen LogP contribution in [-0.2, 0) is 16.1 Å². The number of anilines is 1. The van der Waals surface area contributed by atoms with E-state index in [1.807, 2.05) is 32.0 Å². The number of aliphatic hydroxyl groups excluding tert-OH is 1. The number of hydrogen-bond donors (Lipinski definition) is 5. The van der Waals surface area contributed by atoms with Crippen molar-refractivity contribution >= 4 is 38.6 Å². The molecule has 0 bridgehead atoms. The molecule has 0 unspecified atom stereocenters. The molecular formula is C28H37N7O4S. The Labute approximate surface area is 237 Å². The van der Waals surface area contributed by atoms with Crippen LogP contribution >= 0.6 is 11.3 Å². The first-order chi connectivity index (χ1) is 19.4. The molecule has 2 fully saturated rings. The Kier molecular flexibility index (Phi) is 9.20. The van der Waals surface area contributed by atoms with Gasteiger partial charge in [-0.25, -0.2) is 19.7 Å². The third kappa shape index (κ3) is 7.11. The molecule has 3 atom stereocenters. The molecule has 2 heterocycles. The highest BCUT2D eigenvalue weighted by molar-refractivity contribution is 7.22. The lowest BCUT2D eigenvalue weighted by molar-refractivity contribution is -0.123. The number of nitrogens with zero attached hydrogens (tertiary/aromatic N) is 3.